The van der Waals surface area contributed by atoms with E-state index in [1.54, 1.807) is 0 Å². The molecule has 1 saturated carbocycles. The number of methoxy groups -OCH3 is 1. The highest BCUT2D eigenvalue weighted by Crippen LogP contribution is 2.32. The molecule has 0 aromatic rings. The maximum atomic E-state index is 11.5. The number of esters is 1. The van der Waals surface area contributed by atoms with Crippen LogP contribution in [-0.2, 0) is 14.3 Å². The fourth-order valence-electron chi connectivity index (χ4n) is 2.31. The first-order valence-corrected chi connectivity index (χ1v) is 6.57. The van der Waals surface area contributed by atoms with Crippen molar-refractivity contribution in [3.63, 3.8) is 0 Å². The van der Waals surface area contributed by atoms with Gasteiger partial charge in [-0.2, -0.15) is 0 Å². The van der Waals surface area contributed by atoms with E-state index in [1.165, 1.54) is 13.5 Å². The summed E-state index contributed by atoms with van der Waals surface area (Å²) in [7, 11) is 1.43. The molecule has 0 heterocycles. The molecule has 17 heavy (non-hydrogen) atoms. The summed E-state index contributed by atoms with van der Waals surface area (Å²) in [4.78, 5) is 11.5. The van der Waals surface area contributed by atoms with Crippen molar-refractivity contribution in [1.29, 1.82) is 0 Å². The second-order valence-corrected chi connectivity index (χ2v) is 6.08. The van der Waals surface area contributed by atoms with Crippen LogP contribution in [0.2, 0.25) is 0 Å². The van der Waals surface area contributed by atoms with E-state index >= 15 is 0 Å². The van der Waals surface area contributed by atoms with Gasteiger partial charge in [-0.25, -0.2) is 0 Å². The lowest BCUT2D eigenvalue weighted by Gasteiger charge is -2.33. The third-order valence-corrected chi connectivity index (χ3v) is 3.97. The van der Waals surface area contributed by atoms with Crippen molar-refractivity contribution >= 4 is 5.97 Å². The van der Waals surface area contributed by atoms with Crippen LogP contribution in [0.5, 0.6) is 0 Å². The fraction of sp³-hybridized carbons (Fsp3) is 0.929. The van der Waals surface area contributed by atoms with Gasteiger partial charge >= 0.3 is 5.97 Å². The van der Waals surface area contributed by atoms with E-state index in [1.807, 2.05) is 13.8 Å². The lowest BCUT2D eigenvalue weighted by atomic mass is 9.80. The number of hydrogen-bond donors (Lipinski definition) is 0. The first-order valence-electron chi connectivity index (χ1n) is 6.57. The van der Waals surface area contributed by atoms with Crippen LogP contribution in [0, 0.1) is 17.3 Å². The minimum atomic E-state index is -0.541. The molecule has 3 atom stereocenters. The summed E-state index contributed by atoms with van der Waals surface area (Å²) in [6.07, 6.45) is 3.76. The molecule has 1 aliphatic rings. The number of rotatable bonds is 4. The molecule has 0 aromatic carbocycles. The third-order valence-electron chi connectivity index (χ3n) is 3.97. The van der Waals surface area contributed by atoms with Gasteiger partial charge in [0.05, 0.1) is 25.2 Å². The van der Waals surface area contributed by atoms with Gasteiger partial charge in [0.15, 0.2) is 0 Å². The maximum Gasteiger partial charge on any atom is 0.313 e. The molecule has 3 nitrogen and oxygen atoms in total. The molecule has 0 bridgehead atoms. The van der Waals surface area contributed by atoms with E-state index in [0.717, 1.165) is 24.7 Å². The van der Waals surface area contributed by atoms with Crippen LogP contribution in [0.1, 0.15) is 47.0 Å². The normalized spacial score (nSPS) is 30.1. The van der Waals surface area contributed by atoms with E-state index < -0.39 is 5.41 Å². The molecule has 100 valence electrons. The van der Waals surface area contributed by atoms with Crippen molar-refractivity contribution in [1.82, 2.24) is 0 Å². The molecule has 0 N–H and O–H groups in total. The van der Waals surface area contributed by atoms with Crippen LogP contribution < -0.4 is 0 Å². The Bertz CT molecular complexity index is 260. The average Bonchev–Trinajstić information content (AvgIpc) is 2.29. The van der Waals surface area contributed by atoms with Crippen molar-refractivity contribution in [2.24, 2.45) is 17.3 Å². The molecule has 1 aliphatic carbocycles. The van der Waals surface area contributed by atoms with Crippen LogP contribution in [0.15, 0.2) is 0 Å². The minimum Gasteiger partial charge on any atom is -0.469 e. The van der Waals surface area contributed by atoms with Crippen LogP contribution in [0.4, 0.5) is 0 Å². The largest absolute Gasteiger partial charge is 0.469 e. The Labute approximate surface area is 105 Å². The van der Waals surface area contributed by atoms with Gasteiger partial charge in [0.2, 0.25) is 0 Å². The Kier molecular flexibility index (Phi) is 4.99. The van der Waals surface area contributed by atoms with Crippen LogP contribution in [0.25, 0.3) is 0 Å². The van der Waals surface area contributed by atoms with Gasteiger partial charge in [-0.3, -0.25) is 4.79 Å². The molecule has 1 fully saturated rings. The van der Waals surface area contributed by atoms with Crippen LogP contribution >= 0.6 is 0 Å². The summed E-state index contributed by atoms with van der Waals surface area (Å²) in [5.74, 6) is 1.31. The molecule has 1 rings (SSSR count). The minimum absolute atomic E-state index is 0.199. The highest BCUT2D eigenvalue weighted by Gasteiger charge is 2.32. The molecule has 0 radical (unpaired) electrons. The van der Waals surface area contributed by atoms with Crippen LogP contribution in [0.3, 0.4) is 0 Å². The van der Waals surface area contributed by atoms with E-state index in [-0.39, 0.29) is 5.97 Å². The number of carbonyl (C=O) groups excluding carboxylic acids is 1. The zero-order chi connectivity index (χ0) is 13.1. The number of ether oxygens (including phenoxy) is 2. The van der Waals surface area contributed by atoms with Crippen molar-refractivity contribution in [3.05, 3.63) is 0 Å². The molecule has 0 aromatic heterocycles. The van der Waals surface area contributed by atoms with Crippen LogP contribution in [-0.4, -0.2) is 25.8 Å². The van der Waals surface area contributed by atoms with Crippen molar-refractivity contribution in [2.75, 3.05) is 13.7 Å². The quantitative estimate of drug-likeness (QED) is 0.711. The van der Waals surface area contributed by atoms with Gasteiger partial charge in [-0.05, 0) is 44.9 Å². The lowest BCUT2D eigenvalue weighted by Crippen LogP contribution is -2.35. The Balaban J connectivity index is 2.38. The second-order valence-electron chi connectivity index (χ2n) is 6.08. The fourth-order valence-corrected chi connectivity index (χ4v) is 2.31. The summed E-state index contributed by atoms with van der Waals surface area (Å²) >= 11 is 0. The summed E-state index contributed by atoms with van der Waals surface area (Å²) in [6, 6.07) is 0. The molecule has 0 amide bonds. The molecule has 3 unspecified atom stereocenters. The van der Waals surface area contributed by atoms with E-state index in [9.17, 15) is 4.79 Å². The number of hydrogen-bond acceptors (Lipinski definition) is 3. The molecule has 0 saturated heterocycles. The Morgan fingerprint density at radius 2 is 1.88 bits per heavy atom. The highest BCUT2D eigenvalue weighted by molar-refractivity contribution is 5.75. The summed E-state index contributed by atoms with van der Waals surface area (Å²) in [6.45, 7) is 8.78. The average molecular weight is 242 g/mol. The van der Waals surface area contributed by atoms with Gasteiger partial charge in [0, 0.05) is 0 Å². The van der Waals surface area contributed by atoms with E-state index in [4.69, 9.17) is 9.47 Å². The second kappa shape index (κ2) is 5.85. The molecular weight excluding hydrogens is 216 g/mol. The van der Waals surface area contributed by atoms with Gasteiger partial charge in [-0.15, -0.1) is 0 Å². The third kappa shape index (κ3) is 3.98. The van der Waals surface area contributed by atoms with E-state index in [2.05, 4.69) is 13.8 Å². The zero-order valence-corrected chi connectivity index (χ0v) is 11.8. The van der Waals surface area contributed by atoms with Gasteiger partial charge in [-0.1, -0.05) is 13.8 Å². The molecule has 0 spiro atoms. The monoisotopic (exact) mass is 242 g/mol. The first kappa shape index (κ1) is 14.5. The van der Waals surface area contributed by atoms with Crippen molar-refractivity contribution < 1.29 is 14.3 Å². The summed E-state index contributed by atoms with van der Waals surface area (Å²) in [5, 5.41) is 0. The predicted octanol–water partition coefficient (Wildman–Crippen LogP) is 3.03. The maximum absolute atomic E-state index is 11.5. The Morgan fingerprint density at radius 1 is 1.24 bits per heavy atom. The van der Waals surface area contributed by atoms with Gasteiger partial charge in [0.1, 0.15) is 0 Å². The van der Waals surface area contributed by atoms with Gasteiger partial charge in [0.25, 0.3) is 0 Å². The topological polar surface area (TPSA) is 35.5 Å². The highest BCUT2D eigenvalue weighted by atomic mass is 16.5. The standard InChI is InChI=1S/C14H26O3/c1-10-6-7-12(8-11(10)2)17-9-14(3,4)13(15)16-5/h10-12H,6-9H2,1-5H3. The predicted molar refractivity (Wildman–Crippen MR) is 67.7 cm³/mol. The smallest absolute Gasteiger partial charge is 0.313 e. The Morgan fingerprint density at radius 3 is 2.41 bits per heavy atom. The molecule has 0 aliphatic heterocycles. The lowest BCUT2D eigenvalue weighted by molar-refractivity contribution is -0.156. The summed E-state index contributed by atoms with van der Waals surface area (Å²) in [5.41, 5.74) is -0.541. The Hall–Kier alpha value is -0.570. The van der Waals surface area contributed by atoms with Crippen molar-refractivity contribution in [3.8, 4) is 0 Å². The SMILES string of the molecule is COC(=O)C(C)(C)COC1CCC(C)C(C)C1. The molecular formula is C14H26O3. The zero-order valence-electron chi connectivity index (χ0n) is 11.8. The summed E-state index contributed by atoms with van der Waals surface area (Å²) < 4.78 is 10.7. The van der Waals surface area contributed by atoms with Crippen molar-refractivity contribution in [2.45, 2.75) is 53.1 Å². The molecule has 3 heteroatoms. The first-order chi connectivity index (χ1) is 7.86. The van der Waals surface area contributed by atoms with E-state index in [0.29, 0.717) is 12.7 Å². The van der Waals surface area contributed by atoms with Gasteiger partial charge < -0.3 is 9.47 Å². The number of carbonyl (C=O) groups is 1.